The minimum atomic E-state index is -0.635. The Hall–Kier alpha value is -0.570. The first kappa shape index (κ1) is 9.00. The molecule has 2 rings (SSSR count). The van der Waals surface area contributed by atoms with Gasteiger partial charge >= 0.3 is 5.97 Å². The van der Waals surface area contributed by atoms with Gasteiger partial charge in [0, 0.05) is 6.61 Å². The second-order valence-corrected chi connectivity index (χ2v) is 4.26. The summed E-state index contributed by atoms with van der Waals surface area (Å²) in [6.45, 7) is 0.636. The first-order chi connectivity index (χ1) is 6.23. The Labute approximate surface area is 78.1 Å². The normalized spacial score (nSPS) is 25.2. The summed E-state index contributed by atoms with van der Waals surface area (Å²) in [7, 11) is 0. The molecule has 0 radical (unpaired) electrons. The highest BCUT2D eigenvalue weighted by Gasteiger charge is 2.49. The van der Waals surface area contributed by atoms with Gasteiger partial charge in [0.2, 0.25) is 0 Å². The molecule has 2 aliphatic carbocycles. The lowest BCUT2D eigenvalue weighted by atomic mass is 9.96. The molecule has 0 aromatic heterocycles. The van der Waals surface area contributed by atoms with Gasteiger partial charge in [0.05, 0.1) is 11.5 Å². The molecular formula is C10H16O3. The standard InChI is InChI=1S/C10H16O3/c11-9(12)10(4-5-10)6-7-13-8-2-1-3-8/h8H,1-7H2,(H,11,12). The fourth-order valence-electron chi connectivity index (χ4n) is 1.68. The van der Waals surface area contributed by atoms with Gasteiger partial charge in [-0.15, -0.1) is 0 Å². The third kappa shape index (κ3) is 1.85. The van der Waals surface area contributed by atoms with Crippen molar-refractivity contribution in [2.45, 2.75) is 44.6 Å². The van der Waals surface area contributed by atoms with E-state index in [9.17, 15) is 4.79 Å². The van der Waals surface area contributed by atoms with E-state index in [1.54, 1.807) is 0 Å². The number of aliphatic carboxylic acids is 1. The first-order valence-corrected chi connectivity index (χ1v) is 5.08. The third-order valence-corrected chi connectivity index (χ3v) is 3.29. The van der Waals surface area contributed by atoms with E-state index in [4.69, 9.17) is 9.84 Å². The minimum absolute atomic E-state index is 0.399. The van der Waals surface area contributed by atoms with Gasteiger partial charge < -0.3 is 9.84 Å². The maximum absolute atomic E-state index is 10.8. The van der Waals surface area contributed by atoms with Crippen LogP contribution in [0, 0.1) is 5.41 Å². The molecule has 0 amide bonds. The molecule has 0 atom stereocenters. The molecule has 0 aromatic carbocycles. The van der Waals surface area contributed by atoms with Crippen LogP contribution in [0.25, 0.3) is 0 Å². The summed E-state index contributed by atoms with van der Waals surface area (Å²) in [5, 5.41) is 8.88. The Morgan fingerprint density at radius 2 is 2.15 bits per heavy atom. The van der Waals surface area contributed by atoms with E-state index >= 15 is 0 Å². The van der Waals surface area contributed by atoms with Crippen molar-refractivity contribution in [2.24, 2.45) is 5.41 Å². The van der Waals surface area contributed by atoms with Crippen LogP contribution in [0.3, 0.4) is 0 Å². The molecule has 3 nitrogen and oxygen atoms in total. The maximum Gasteiger partial charge on any atom is 0.309 e. The highest BCUT2D eigenvalue weighted by Crippen LogP contribution is 2.49. The zero-order valence-corrected chi connectivity index (χ0v) is 7.79. The fourth-order valence-corrected chi connectivity index (χ4v) is 1.68. The number of hydrogen-bond acceptors (Lipinski definition) is 2. The van der Waals surface area contributed by atoms with E-state index < -0.39 is 11.4 Å². The van der Waals surface area contributed by atoms with E-state index in [0.717, 1.165) is 12.8 Å². The molecular weight excluding hydrogens is 168 g/mol. The van der Waals surface area contributed by atoms with Gasteiger partial charge in [-0.3, -0.25) is 4.79 Å². The molecule has 0 spiro atoms. The Morgan fingerprint density at radius 1 is 1.46 bits per heavy atom. The third-order valence-electron chi connectivity index (χ3n) is 3.29. The summed E-state index contributed by atoms with van der Waals surface area (Å²) in [6.07, 6.45) is 6.44. The largest absolute Gasteiger partial charge is 0.481 e. The molecule has 2 saturated carbocycles. The molecule has 1 N–H and O–H groups in total. The van der Waals surface area contributed by atoms with Crippen LogP contribution in [0.2, 0.25) is 0 Å². The summed E-state index contributed by atoms with van der Waals surface area (Å²) in [5.74, 6) is -0.635. The number of carboxylic acid groups (broad SMARTS) is 1. The van der Waals surface area contributed by atoms with Crippen LogP contribution in [0.1, 0.15) is 38.5 Å². The Morgan fingerprint density at radius 3 is 2.54 bits per heavy atom. The summed E-state index contributed by atoms with van der Waals surface area (Å²) < 4.78 is 5.54. The predicted octanol–water partition coefficient (Wildman–Crippen LogP) is 1.81. The summed E-state index contributed by atoms with van der Waals surface area (Å²) in [6, 6.07) is 0. The van der Waals surface area contributed by atoms with E-state index in [2.05, 4.69) is 0 Å². The minimum Gasteiger partial charge on any atom is -0.481 e. The van der Waals surface area contributed by atoms with Crippen LogP contribution in [0.5, 0.6) is 0 Å². The Bertz CT molecular complexity index is 204. The average Bonchev–Trinajstić information content (AvgIpc) is 2.75. The van der Waals surface area contributed by atoms with Crippen molar-refractivity contribution in [1.29, 1.82) is 0 Å². The predicted molar refractivity (Wildman–Crippen MR) is 47.5 cm³/mol. The second kappa shape index (κ2) is 3.29. The zero-order valence-electron chi connectivity index (χ0n) is 7.79. The molecule has 13 heavy (non-hydrogen) atoms. The van der Waals surface area contributed by atoms with Crippen LogP contribution in [0.4, 0.5) is 0 Å². The Balaban J connectivity index is 1.64. The van der Waals surface area contributed by atoms with Gasteiger partial charge in [0.15, 0.2) is 0 Å². The van der Waals surface area contributed by atoms with Crippen LogP contribution >= 0.6 is 0 Å². The summed E-state index contributed by atoms with van der Waals surface area (Å²) >= 11 is 0. The average molecular weight is 184 g/mol. The Kier molecular flexibility index (Phi) is 2.28. The van der Waals surface area contributed by atoms with E-state index in [1.807, 2.05) is 0 Å². The molecule has 3 heteroatoms. The van der Waals surface area contributed by atoms with Crippen LogP contribution in [0.15, 0.2) is 0 Å². The van der Waals surface area contributed by atoms with Crippen LogP contribution in [-0.4, -0.2) is 23.8 Å². The molecule has 2 aliphatic rings. The number of carbonyl (C=O) groups is 1. The van der Waals surface area contributed by atoms with Crippen molar-refractivity contribution in [3.8, 4) is 0 Å². The molecule has 0 unspecified atom stereocenters. The summed E-state index contributed by atoms with van der Waals surface area (Å²) in [4.78, 5) is 10.8. The maximum atomic E-state index is 10.8. The zero-order chi connectivity index (χ0) is 9.31. The molecule has 0 saturated heterocycles. The van der Waals surface area contributed by atoms with Gasteiger partial charge in [-0.2, -0.15) is 0 Å². The van der Waals surface area contributed by atoms with Gasteiger partial charge in [-0.25, -0.2) is 0 Å². The SMILES string of the molecule is O=C(O)C1(CCOC2CCC2)CC1. The number of hydrogen-bond donors (Lipinski definition) is 1. The lowest BCUT2D eigenvalue weighted by Crippen LogP contribution is -2.24. The van der Waals surface area contributed by atoms with Crippen molar-refractivity contribution in [3.63, 3.8) is 0 Å². The van der Waals surface area contributed by atoms with Crippen molar-refractivity contribution in [1.82, 2.24) is 0 Å². The smallest absolute Gasteiger partial charge is 0.309 e. The lowest BCUT2D eigenvalue weighted by molar-refractivity contribution is -0.144. The second-order valence-electron chi connectivity index (χ2n) is 4.26. The topological polar surface area (TPSA) is 46.5 Å². The summed E-state index contributed by atoms with van der Waals surface area (Å²) in [5.41, 5.74) is -0.399. The molecule has 0 aromatic rings. The molecule has 2 fully saturated rings. The van der Waals surface area contributed by atoms with E-state index in [-0.39, 0.29) is 0 Å². The van der Waals surface area contributed by atoms with Crippen molar-refractivity contribution < 1.29 is 14.6 Å². The van der Waals surface area contributed by atoms with Gasteiger partial charge in [-0.1, -0.05) is 0 Å². The molecule has 0 heterocycles. The van der Waals surface area contributed by atoms with Crippen molar-refractivity contribution in [2.75, 3.05) is 6.61 Å². The monoisotopic (exact) mass is 184 g/mol. The van der Waals surface area contributed by atoms with E-state index in [1.165, 1.54) is 19.3 Å². The number of ether oxygens (including phenoxy) is 1. The fraction of sp³-hybridized carbons (Fsp3) is 0.900. The molecule has 74 valence electrons. The van der Waals surface area contributed by atoms with Gasteiger partial charge in [0.1, 0.15) is 0 Å². The van der Waals surface area contributed by atoms with Crippen LogP contribution < -0.4 is 0 Å². The van der Waals surface area contributed by atoms with Crippen molar-refractivity contribution >= 4 is 5.97 Å². The van der Waals surface area contributed by atoms with E-state index in [0.29, 0.717) is 19.1 Å². The lowest BCUT2D eigenvalue weighted by Gasteiger charge is -2.26. The quantitative estimate of drug-likeness (QED) is 0.708. The van der Waals surface area contributed by atoms with Gasteiger partial charge in [0.25, 0.3) is 0 Å². The van der Waals surface area contributed by atoms with Gasteiger partial charge in [-0.05, 0) is 38.5 Å². The number of carboxylic acids is 1. The highest BCUT2D eigenvalue weighted by atomic mass is 16.5. The molecule has 0 aliphatic heterocycles. The van der Waals surface area contributed by atoms with Crippen LogP contribution in [-0.2, 0) is 9.53 Å². The highest BCUT2D eigenvalue weighted by molar-refractivity contribution is 5.77. The number of rotatable bonds is 5. The van der Waals surface area contributed by atoms with Crippen molar-refractivity contribution in [3.05, 3.63) is 0 Å². The first-order valence-electron chi connectivity index (χ1n) is 5.08. The molecule has 0 bridgehead atoms.